The third kappa shape index (κ3) is 2.32. The van der Waals surface area contributed by atoms with Gasteiger partial charge in [0.2, 0.25) is 5.91 Å². The Morgan fingerprint density at radius 2 is 2.05 bits per heavy atom. The number of alkyl halides is 2. The number of ether oxygens (including phenoxy) is 1. The molecular weight excluding hydrogens is 291 g/mol. The molecule has 104 valence electrons. The highest BCUT2D eigenvalue weighted by Gasteiger charge is 2.68. The zero-order valence-electron chi connectivity index (χ0n) is 10.8. The first kappa shape index (κ1) is 14.2. The van der Waals surface area contributed by atoms with Crippen molar-refractivity contribution in [2.24, 2.45) is 5.41 Å². The van der Waals surface area contributed by atoms with E-state index < -0.39 is 15.7 Å². The molecule has 1 unspecified atom stereocenters. The fourth-order valence-electron chi connectivity index (χ4n) is 1.86. The number of rotatable bonds is 3. The van der Waals surface area contributed by atoms with Gasteiger partial charge in [0.15, 0.2) is 0 Å². The number of aromatic amines is 1. The lowest BCUT2D eigenvalue weighted by Crippen LogP contribution is -2.26. The number of esters is 1. The number of hydrogen-bond donors (Lipinski definition) is 2. The van der Waals surface area contributed by atoms with Crippen LogP contribution in [0.15, 0.2) is 6.07 Å². The molecule has 0 bridgehead atoms. The van der Waals surface area contributed by atoms with E-state index in [-0.39, 0.29) is 11.6 Å². The number of H-pyrrole nitrogens is 1. The third-order valence-electron chi connectivity index (χ3n) is 3.35. The Morgan fingerprint density at radius 1 is 1.47 bits per heavy atom. The number of amides is 1. The number of anilines is 1. The van der Waals surface area contributed by atoms with Crippen molar-refractivity contribution in [2.75, 3.05) is 12.4 Å². The summed E-state index contributed by atoms with van der Waals surface area (Å²) >= 11 is 11.9. The molecule has 1 fully saturated rings. The lowest BCUT2D eigenvalue weighted by Gasteiger charge is -2.12. The zero-order valence-corrected chi connectivity index (χ0v) is 12.3. The highest BCUT2D eigenvalue weighted by Crippen LogP contribution is 2.64. The maximum absolute atomic E-state index is 12.1. The summed E-state index contributed by atoms with van der Waals surface area (Å²) in [5.74, 6) is -0.867. The molecule has 1 aromatic rings. The Hall–Kier alpha value is -1.20. The van der Waals surface area contributed by atoms with Gasteiger partial charge in [0.05, 0.1) is 18.2 Å². The molecule has 0 radical (unpaired) electrons. The average Bonchev–Trinajstić information content (AvgIpc) is 2.67. The Labute approximate surface area is 120 Å². The van der Waals surface area contributed by atoms with Crippen molar-refractivity contribution in [1.29, 1.82) is 0 Å². The smallest absolute Gasteiger partial charge is 0.356 e. The second kappa shape index (κ2) is 4.42. The largest absolute Gasteiger partial charge is 0.464 e. The van der Waals surface area contributed by atoms with Crippen LogP contribution in [0.1, 0.15) is 29.5 Å². The van der Waals surface area contributed by atoms with Crippen LogP contribution >= 0.6 is 23.2 Å². The molecule has 1 aromatic heterocycles. The molecule has 1 atom stereocenters. The maximum atomic E-state index is 12.1. The summed E-state index contributed by atoms with van der Waals surface area (Å²) in [6.45, 7) is 3.45. The van der Waals surface area contributed by atoms with E-state index >= 15 is 0 Å². The van der Waals surface area contributed by atoms with Gasteiger partial charge in [0.1, 0.15) is 10.0 Å². The van der Waals surface area contributed by atoms with Gasteiger partial charge in [-0.15, -0.1) is 23.2 Å². The fraction of sp³-hybridized carbons (Fsp3) is 0.500. The maximum Gasteiger partial charge on any atom is 0.356 e. The number of aromatic nitrogens is 1. The normalized spacial score (nSPS) is 23.8. The second-order valence-corrected chi connectivity index (χ2v) is 6.38. The predicted octanol–water partition coefficient (Wildman–Crippen LogP) is 2.63. The monoisotopic (exact) mass is 304 g/mol. The summed E-state index contributed by atoms with van der Waals surface area (Å²) in [4.78, 5) is 26.5. The Balaban J connectivity index is 2.21. The van der Waals surface area contributed by atoms with E-state index in [1.165, 1.54) is 7.11 Å². The molecule has 2 rings (SSSR count). The first-order valence-corrected chi connectivity index (χ1v) is 6.44. The van der Waals surface area contributed by atoms with Crippen LogP contribution in [-0.4, -0.2) is 28.3 Å². The van der Waals surface area contributed by atoms with E-state index in [0.717, 1.165) is 5.69 Å². The molecule has 2 N–H and O–H groups in total. The lowest BCUT2D eigenvalue weighted by atomic mass is 10.1. The number of aryl methyl sites for hydroxylation is 1. The summed E-state index contributed by atoms with van der Waals surface area (Å²) in [6, 6.07) is 1.65. The molecule has 0 aromatic carbocycles. The third-order valence-corrected chi connectivity index (χ3v) is 4.45. The zero-order chi connectivity index (χ0) is 14.4. The van der Waals surface area contributed by atoms with E-state index in [0.29, 0.717) is 12.1 Å². The van der Waals surface area contributed by atoms with Crippen LogP contribution in [0.2, 0.25) is 0 Å². The van der Waals surface area contributed by atoms with Gasteiger partial charge in [-0.05, 0) is 26.3 Å². The van der Waals surface area contributed by atoms with Crippen molar-refractivity contribution in [2.45, 2.75) is 24.6 Å². The number of carbonyl (C=O) groups excluding carboxylic acids is 2. The molecule has 0 spiro atoms. The van der Waals surface area contributed by atoms with Gasteiger partial charge >= 0.3 is 5.97 Å². The van der Waals surface area contributed by atoms with Crippen LogP contribution in [0.25, 0.3) is 0 Å². The summed E-state index contributed by atoms with van der Waals surface area (Å²) in [6.07, 6.45) is 0.381. The number of carbonyl (C=O) groups is 2. The number of methoxy groups -OCH3 is 1. The van der Waals surface area contributed by atoms with Crippen LogP contribution in [0.3, 0.4) is 0 Å². The number of halogens is 2. The van der Waals surface area contributed by atoms with E-state index in [1.54, 1.807) is 19.9 Å². The van der Waals surface area contributed by atoms with Crippen molar-refractivity contribution in [3.05, 3.63) is 17.5 Å². The first-order chi connectivity index (χ1) is 8.71. The predicted molar refractivity (Wildman–Crippen MR) is 72.7 cm³/mol. The SMILES string of the molecule is COC(=O)c1[nH]c(C)cc1NC(=O)C1(C)CC1(Cl)Cl. The standard InChI is InChI=1S/C12H14Cl2N2O3/c1-6-4-7(8(15-6)9(17)19-3)16-10(18)11(2)5-12(11,13)14/h4,15H,5H2,1-3H3,(H,16,18). The van der Waals surface area contributed by atoms with Crippen molar-refractivity contribution >= 4 is 40.8 Å². The molecule has 1 heterocycles. The van der Waals surface area contributed by atoms with Crippen molar-refractivity contribution in [3.8, 4) is 0 Å². The van der Waals surface area contributed by atoms with Gasteiger partial charge < -0.3 is 15.0 Å². The molecule has 0 aliphatic heterocycles. The van der Waals surface area contributed by atoms with Crippen LogP contribution in [-0.2, 0) is 9.53 Å². The second-order valence-electron chi connectivity index (χ2n) is 4.90. The van der Waals surface area contributed by atoms with Gasteiger partial charge in [0, 0.05) is 5.69 Å². The van der Waals surface area contributed by atoms with E-state index in [1.807, 2.05) is 0 Å². The van der Waals surface area contributed by atoms with Gasteiger partial charge in [0.25, 0.3) is 0 Å². The minimum atomic E-state index is -1.05. The molecule has 1 aliphatic carbocycles. The fourth-order valence-corrected chi connectivity index (χ4v) is 2.56. The topological polar surface area (TPSA) is 71.2 Å². The molecule has 0 saturated heterocycles. The number of nitrogens with one attached hydrogen (secondary N) is 2. The van der Waals surface area contributed by atoms with E-state index in [2.05, 4.69) is 15.0 Å². The molecule has 7 heteroatoms. The molecule has 1 amide bonds. The average molecular weight is 305 g/mol. The lowest BCUT2D eigenvalue weighted by molar-refractivity contribution is -0.120. The molecule has 1 saturated carbocycles. The summed E-state index contributed by atoms with van der Waals surface area (Å²) in [5, 5.41) is 2.66. The van der Waals surface area contributed by atoms with Crippen molar-refractivity contribution in [3.63, 3.8) is 0 Å². The van der Waals surface area contributed by atoms with Crippen LogP contribution < -0.4 is 5.32 Å². The summed E-state index contributed by atoms with van der Waals surface area (Å²) in [7, 11) is 1.27. The Kier molecular flexibility index (Phi) is 3.31. The van der Waals surface area contributed by atoms with Gasteiger partial charge in [-0.1, -0.05) is 0 Å². The number of hydrogen-bond acceptors (Lipinski definition) is 3. The minimum absolute atomic E-state index is 0.201. The van der Waals surface area contributed by atoms with Crippen LogP contribution in [0, 0.1) is 12.3 Å². The van der Waals surface area contributed by atoms with Gasteiger partial charge in [-0.3, -0.25) is 4.79 Å². The molecule has 19 heavy (non-hydrogen) atoms. The minimum Gasteiger partial charge on any atom is -0.464 e. The van der Waals surface area contributed by atoms with Crippen LogP contribution in [0.5, 0.6) is 0 Å². The summed E-state index contributed by atoms with van der Waals surface area (Å²) < 4.78 is 3.59. The van der Waals surface area contributed by atoms with E-state index in [4.69, 9.17) is 23.2 Å². The first-order valence-electron chi connectivity index (χ1n) is 5.68. The Morgan fingerprint density at radius 3 is 2.53 bits per heavy atom. The van der Waals surface area contributed by atoms with E-state index in [9.17, 15) is 9.59 Å². The molecule has 5 nitrogen and oxygen atoms in total. The highest BCUT2D eigenvalue weighted by molar-refractivity contribution is 6.53. The van der Waals surface area contributed by atoms with Crippen molar-refractivity contribution in [1.82, 2.24) is 4.98 Å². The van der Waals surface area contributed by atoms with Gasteiger partial charge in [-0.25, -0.2) is 4.79 Å². The molecular formula is C12H14Cl2N2O3. The summed E-state index contributed by atoms with van der Waals surface area (Å²) in [5.41, 5.74) is 0.466. The van der Waals surface area contributed by atoms with Gasteiger partial charge in [-0.2, -0.15) is 0 Å². The van der Waals surface area contributed by atoms with Crippen LogP contribution in [0.4, 0.5) is 5.69 Å². The molecule has 1 aliphatic rings. The Bertz CT molecular complexity index is 553. The van der Waals surface area contributed by atoms with Crippen molar-refractivity contribution < 1.29 is 14.3 Å². The highest BCUT2D eigenvalue weighted by atomic mass is 35.5. The quantitative estimate of drug-likeness (QED) is 0.666.